The number of carbonyl (C=O) groups is 1. The van der Waals surface area contributed by atoms with Crippen LogP contribution in [-0.4, -0.2) is 17.6 Å². The zero-order valence-corrected chi connectivity index (χ0v) is 10.1. The summed E-state index contributed by atoms with van der Waals surface area (Å²) in [6, 6.07) is 6.66. The van der Waals surface area contributed by atoms with Gasteiger partial charge in [0.2, 0.25) is 0 Å². The smallest absolute Gasteiger partial charge is 0.324 e. The second-order valence-corrected chi connectivity index (χ2v) is 4.16. The van der Waals surface area contributed by atoms with Crippen LogP contribution in [-0.2, 0) is 11.2 Å². The number of hydrogen-bond acceptors (Lipinski definition) is 2. The van der Waals surface area contributed by atoms with Crippen LogP contribution in [0.4, 0.5) is 18.9 Å². The van der Waals surface area contributed by atoms with E-state index in [0.717, 1.165) is 5.56 Å². The Morgan fingerprint density at radius 1 is 1.33 bits per heavy atom. The minimum atomic E-state index is -4.79. The normalized spacial score (nSPS) is 15.0. The third kappa shape index (κ3) is 2.81. The average Bonchev–Trinajstić information content (AvgIpc) is 2.28. The molecule has 0 aliphatic rings. The Bertz CT molecular complexity index is 441. The van der Waals surface area contributed by atoms with Gasteiger partial charge in [0, 0.05) is 5.69 Å². The maximum atomic E-state index is 12.6. The standard InChI is InChI=1S/C12H15F3N2O/c1-3-8-6-4-5-7-9(8)17-10(18)11(2,16)12(13,14)15/h4-7H,3,16H2,1-2H3,(H,17,18). The Balaban J connectivity index is 2.95. The summed E-state index contributed by atoms with van der Waals surface area (Å²) >= 11 is 0. The summed E-state index contributed by atoms with van der Waals surface area (Å²) in [5.41, 5.74) is 3.24. The van der Waals surface area contributed by atoms with Crippen molar-refractivity contribution >= 4 is 11.6 Å². The lowest BCUT2D eigenvalue weighted by Crippen LogP contribution is -2.59. The fraction of sp³-hybridized carbons (Fsp3) is 0.417. The number of benzene rings is 1. The molecule has 0 aliphatic heterocycles. The van der Waals surface area contributed by atoms with Gasteiger partial charge < -0.3 is 11.1 Å². The van der Waals surface area contributed by atoms with Crippen molar-refractivity contribution in [1.29, 1.82) is 0 Å². The van der Waals surface area contributed by atoms with Gasteiger partial charge in [-0.3, -0.25) is 4.79 Å². The van der Waals surface area contributed by atoms with E-state index in [1.165, 1.54) is 0 Å². The van der Waals surface area contributed by atoms with E-state index in [1.54, 1.807) is 24.3 Å². The molecule has 3 N–H and O–H groups in total. The highest BCUT2D eigenvalue weighted by Crippen LogP contribution is 2.29. The Morgan fingerprint density at radius 2 is 1.89 bits per heavy atom. The fourth-order valence-corrected chi connectivity index (χ4v) is 1.33. The van der Waals surface area contributed by atoms with Gasteiger partial charge in [0.25, 0.3) is 5.91 Å². The maximum Gasteiger partial charge on any atom is 0.415 e. The van der Waals surface area contributed by atoms with Crippen LogP contribution < -0.4 is 11.1 Å². The van der Waals surface area contributed by atoms with Gasteiger partial charge in [-0.05, 0) is 25.0 Å². The van der Waals surface area contributed by atoms with Gasteiger partial charge in [-0.25, -0.2) is 0 Å². The van der Waals surface area contributed by atoms with E-state index in [0.29, 0.717) is 19.0 Å². The molecule has 1 rings (SSSR count). The van der Waals surface area contributed by atoms with Crippen LogP contribution in [0, 0.1) is 0 Å². The third-order valence-electron chi connectivity index (χ3n) is 2.71. The maximum absolute atomic E-state index is 12.6. The van der Waals surface area contributed by atoms with E-state index in [2.05, 4.69) is 5.32 Å². The fourth-order valence-electron chi connectivity index (χ4n) is 1.33. The van der Waals surface area contributed by atoms with Crippen molar-refractivity contribution < 1.29 is 18.0 Å². The summed E-state index contributed by atoms with van der Waals surface area (Å²) in [4.78, 5) is 11.6. The summed E-state index contributed by atoms with van der Waals surface area (Å²) in [6.07, 6.45) is -4.19. The van der Waals surface area contributed by atoms with Crippen molar-refractivity contribution in [3.8, 4) is 0 Å². The molecule has 0 saturated carbocycles. The van der Waals surface area contributed by atoms with E-state index in [4.69, 9.17) is 5.73 Å². The molecule has 0 bridgehead atoms. The molecule has 6 heteroatoms. The molecule has 0 spiro atoms. The first-order valence-corrected chi connectivity index (χ1v) is 5.45. The quantitative estimate of drug-likeness (QED) is 0.877. The number of halogens is 3. The zero-order chi connectivity index (χ0) is 14.0. The van der Waals surface area contributed by atoms with Crippen molar-refractivity contribution in [3.63, 3.8) is 0 Å². The number of anilines is 1. The number of amides is 1. The Kier molecular flexibility index (Phi) is 4.01. The number of alkyl halides is 3. The topological polar surface area (TPSA) is 55.1 Å². The Morgan fingerprint density at radius 3 is 2.39 bits per heavy atom. The van der Waals surface area contributed by atoms with Gasteiger partial charge in [-0.2, -0.15) is 13.2 Å². The van der Waals surface area contributed by atoms with Crippen LogP contribution in [0.1, 0.15) is 19.4 Å². The molecule has 1 aromatic carbocycles. The molecule has 0 radical (unpaired) electrons. The van der Waals surface area contributed by atoms with Crippen LogP contribution in [0.25, 0.3) is 0 Å². The molecule has 0 fully saturated rings. The van der Waals surface area contributed by atoms with E-state index >= 15 is 0 Å². The zero-order valence-electron chi connectivity index (χ0n) is 10.1. The molecule has 0 aromatic heterocycles. The number of aryl methyl sites for hydroxylation is 1. The Hall–Kier alpha value is -1.56. The minimum Gasteiger partial charge on any atom is -0.324 e. The highest BCUT2D eigenvalue weighted by Gasteiger charge is 2.54. The van der Waals surface area contributed by atoms with E-state index in [-0.39, 0.29) is 0 Å². The minimum absolute atomic E-state index is 0.353. The second-order valence-electron chi connectivity index (χ2n) is 4.16. The molecule has 1 unspecified atom stereocenters. The first-order valence-electron chi connectivity index (χ1n) is 5.45. The number of carbonyl (C=O) groups excluding carboxylic acids is 1. The van der Waals surface area contributed by atoms with Crippen LogP contribution in [0.5, 0.6) is 0 Å². The van der Waals surface area contributed by atoms with Gasteiger partial charge in [-0.1, -0.05) is 25.1 Å². The molecule has 1 amide bonds. The van der Waals surface area contributed by atoms with Crippen molar-refractivity contribution in [2.75, 3.05) is 5.32 Å². The molecular weight excluding hydrogens is 245 g/mol. The lowest BCUT2D eigenvalue weighted by Gasteiger charge is -2.26. The van der Waals surface area contributed by atoms with Crippen LogP contribution in [0.3, 0.4) is 0 Å². The van der Waals surface area contributed by atoms with E-state index < -0.39 is 17.6 Å². The predicted octanol–water partition coefficient (Wildman–Crippen LogP) is 2.47. The Labute approximate surface area is 103 Å². The van der Waals surface area contributed by atoms with E-state index in [9.17, 15) is 18.0 Å². The molecule has 1 aromatic rings. The number of nitrogens with two attached hydrogens (primary N) is 1. The molecule has 0 aliphatic carbocycles. The van der Waals surface area contributed by atoms with Gasteiger partial charge in [0.1, 0.15) is 0 Å². The summed E-state index contributed by atoms with van der Waals surface area (Å²) < 4.78 is 37.7. The third-order valence-corrected chi connectivity index (χ3v) is 2.71. The first-order chi connectivity index (χ1) is 8.20. The molecule has 3 nitrogen and oxygen atoms in total. The predicted molar refractivity (Wildman–Crippen MR) is 63.1 cm³/mol. The molecular formula is C12H15F3N2O. The van der Waals surface area contributed by atoms with Crippen LogP contribution in [0.15, 0.2) is 24.3 Å². The number of hydrogen-bond donors (Lipinski definition) is 2. The van der Waals surface area contributed by atoms with Crippen molar-refractivity contribution in [1.82, 2.24) is 0 Å². The lowest BCUT2D eigenvalue weighted by molar-refractivity contribution is -0.184. The summed E-state index contributed by atoms with van der Waals surface area (Å²) in [5.74, 6) is -1.27. The SMILES string of the molecule is CCc1ccccc1NC(=O)C(C)(N)C(F)(F)F. The largest absolute Gasteiger partial charge is 0.415 e. The van der Waals surface area contributed by atoms with Gasteiger partial charge in [0.15, 0.2) is 5.54 Å². The van der Waals surface area contributed by atoms with E-state index in [1.807, 2.05) is 6.92 Å². The summed E-state index contributed by atoms with van der Waals surface area (Å²) in [6.45, 7) is 2.49. The van der Waals surface area contributed by atoms with Crippen LogP contribution in [0.2, 0.25) is 0 Å². The first kappa shape index (κ1) is 14.5. The van der Waals surface area contributed by atoms with Gasteiger partial charge in [-0.15, -0.1) is 0 Å². The lowest BCUT2D eigenvalue weighted by atomic mass is 10.0. The van der Waals surface area contributed by atoms with Crippen LogP contribution >= 0.6 is 0 Å². The van der Waals surface area contributed by atoms with Crippen molar-refractivity contribution in [2.45, 2.75) is 32.0 Å². The second kappa shape index (κ2) is 4.97. The highest BCUT2D eigenvalue weighted by molar-refractivity contribution is 5.98. The summed E-state index contributed by atoms with van der Waals surface area (Å²) in [7, 11) is 0. The summed E-state index contributed by atoms with van der Waals surface area (Å²) in [5, 5.41) is 2.22. The molecule has 100 valence electrons. The molecule has 0 saturated heterocycles. The van der Waals surface area contributed by atoms with Crippen molar-refractivity contribution in [2.24, 2.45) is 5.73 Å². The van der Waals surface area contributed by atoms with Crippen molar-refractivity contribution in [3.05, 3.63) is 29.8 Å². The monoisotopic (exact) mass is 260 g/mol. The average molecular weight is 260 g/mol. The number of para-hydroxylation sites is 1. The number of nitrogens with one attached hydrogen (secondary N) is 1. The van der Waals surface area contributed by atoms with Gasteiger partial charge >= 0.3 is 6.18 Å². The molecule has 0 heterocycles. The van der Waals surface area contributed by atoms with Gasteiger partial charge in [0.05, 0.1) is 0 Å². The number of rotatable bonds is 3. The molecule has 1 atom stereocenters. The molecule has 18 heavy (non-hydrogen) atoms. The highest BCUT2D eigenvalue weighted by atomic mass is 19.4.